The van der Waals surface area contributed by atoms with E-state index in [1.165, 1.54) is 7.11 Å². The Balaban J connectivity index is 2.28. The van der Waals surface area contributed by atoms with Gasteiger partial charge in [0.2, 0.25) is 0 Å². The summed E-state index contributed by atoms with van der Waals surface area (Å²) in [5, 5.41) is 0.548. The molecule has 0 saturated carbocycles. The lowest BCUT2D eigenvalue weighted by Gasteiger charge is -2.08. The fraction of sp³-hybridized carbons (Fsp3) is 0.529. The van der Waals surface area contributed by atoms with Gasteiger partial charge in [-0.2, -0.15) is 0 Å². The molecule has 0 spiro atoms. The molecule has 0 fully saturated rings. The Hall–Kier alpha value is -1.55. The maximum absolute atomic E-state index is 12.2. The molecule has 1 rings (SSSR count). The van der Waals surface area contributed by atoms with Crippen molar-refractivity contribution in [2.24, 2.45) is 0 Å². The summed E-state index contributed by atoms with van der Waals surface area (Å²) in [7, 11) is 1.53. The van der Waals surface area contributed by atoms with E-state index in [1.54, 1.807) is 25.1 Å². The average molecular weight is 327 g/mol. The molecule has 0 radical (unpaired) electrons. The number of methoxy groups -OCH3 is 1. The van der Waals surface area contributed by atoms with E-state index in [4.69, 9.17) is 21.1 Å². The Kier molecular flexibility index (Phi) is 8.60. The molecular weight excluding hydrogens is 304 g/mol. The highest BCUT2D eigenvalue weighted by molar-refractivity contribution is 6.30. The second-order valence-electron chi connectivity index (χ2n) is 4.99. The molecule has 0 atom stereocenters. The van der Waals surface area contributed by atoms with Crippen LogP contribution in [0.3, 0.4) is 0 Å². The molecule has 0 bridgehead atoms. The van der Waals surface area contributed by atoms with Gasteiger partial charge in [-0.05, 0) is 38.0 Å². The van der Waals surface area contributed by atoms with Gasteiger partial charge < -0.3 is 9.47 Å². The third kappa shape index (κ3) is 6.48. The third-order valence-corrected chi connectivity index (χ3v) is 3.54. The van der Waals surface area contributed by atoms with Crippen LogP contribution in [0.15, 0.2) is 18.2 Å². The Morgan fingerprint density at radius 3 is 2.41 bits per heavy atom. The van der Waals surface area contributed by atoms with Gasteiger partial charge in [0.1, 0.15) is 5.75 Å². The van der Waals surface area contributed by atoms with E-state index in [9.17, 15) is 9.59 Å². The van der Waals surface area contributed by atoms with Crippen LogP contribution in [0, 0.1) is 0 Å². The molecule has 5 heteroatoms. The number of benzene rings is 1. The van der Waals surface area contributed by atoms with Gasteiger partial charge in [0.15, 0.2) is 5.78 Å². The Labute approximate surface area is 136 Å². The zero-order chi connectivity index (χ0) is 16.4. The highest BCUT2D eigenvalue weighted by Gasteiger charge is 2.12. The lowest BCUT2D eigenvalue weighted by Crippen LogP contribution is -2.04. The molecule has 0 aliphatic carbocycles. The molecular formula is C17H23ClO4. The molecule has 0 aromatic heterocycles. The molecule has 22 heavy (non-hydrogen) atoms. The van der Waals surface area contributed by atoms with Gasteiger partial charge >= 0.3 is 5.97 Å². The summed E-state index contributed by atoms with van der Waals surface area (Å²) in [5.74, 6) is 0.420. The van der Waals surface area contributed by atoms with Crippen LogP contribution in [0.5, 0.6) is 5.75 Å². The molecule has 122 valence electrons. The zero-order valence-corrected chi connectivity index (χ0v) is 13.9. The summed E-state index contributed by atoms with van der Waals surface area (Å²) >= 11 is 5.88. The van der Waals surface area contributed by atoms with Crippen LogP contribution in [0.4, 0.5) is 0 Å². The van der Waals surface area contributed by atoms with Crippen LogP contribution in [0.2, 0.25) is 5.02 Å². The number of ketones is 1. The maximum Gasteiger partial charge on any atom is 0.305 e. The van der Waals surface area contributed by atoms with Gasteiger partial charge in [0, 0.05) is 17.9 Å². The topological polar surface area (TPSA) is 52.6 Å². The summed E-state index contributed by atoms with van der Waals surface area (Å²) in [6, 6.07) is 5.04. The molecule has 0 aliphatic heterocycles. The summed E-state index contributed by atoms with van der Waals surface area (Å²) < 4.78 is 10.0. The second kappa shape index (κ2) is 10.2. The van der Waals surface area contributed by atoms with Gasteiger partial charge in [-0.1, -0.05) is 24.4 Å². The molecule has 0 unspecified atom stereocenters. The molecule has 0 heterocycles. The van der Waals surface area contributed by atoms with Crippen molar-refractivity contribution in [2.75, 3.05) is 13.7 Å². The quantitative estimate of drug-likeness (QED) is 0.362. The molecule has 1 aromatic rings. The smallest absolute Gasteiger partial charge is 0.305 e. The predicted molar refractivity (Wildman–Crippen MR) is 86.7 cm³/mol. The number of unbranched alkanes of at least 4 members (excludes halogenated alkanes) is 3. The van der Waals surface area contributed by atoms with E-state index < -0.39 is 0 Å². The van der Waals surface area contributed by atoms with Crippen molar-refractivity contribution in [3.8, 4) is 5.75 Å². The van der Waals surface area contributed by atoms with Crippen molar-refractivity contribution in [1.82, 2.24) is 0 Å². The Morgan fingerprint density at radius 2 is 1.77 bits per heavy atom. The lowest BCUT2D eigenvalue weighted by molar-refractivity contribution is -0.143. The van der Waals surface area contributed by atoms with E-state index in [2.05, 4.69) is 0 Å². The predicted octanol–water partition coefficient (Wildman–Crippen LogP) is 4.44. The molecule has 0 aliphatic rings. The van der Waals surface area contributed by atoms with Gasteiger partial charge in [0.25, 0.3) is 0 Å². The van der Waals surface area contributed by atoms with Crippen molar-refractivity contribution >= 4 is 23.4 Å². The summed E-state index contributed by atoms with van der Waals surface area (Å²) in [5.41, 5.74) is 0.568. The van der Waals surface area contributed by atoms with Crippen molar-refractivity contribution < 1.29 is 19.1 Å². The number of rotatable bonds is 10. The van der Waals surface area contributed by atoms with E-state index in [-0.39, 0.29) is 11.8 Å². The number of ether oxygens (including phenoxy) is 2. The first-order valence-corrected chi connectivity index (χ1v) is 7.98. The first-order valence-electron chi connectivity index (χ1n) is 7.60. The fourth-order valence-electron chi connectivity index (χ4n) is 2.17. The number of carbonyl (C=O) groups is 2. The van der Waals surface area contributed by atoms with Gasteiger partial charge in [-0.3, -0.25) is 9.59 Å². The van der Waals surface area contributed by atoms with Crippen LogP contribution in [0.25, 0.3) is 0 Å². The number of hydrogen-bond donors (Lipinski definition) is 0. The van der Waals surface area contributed by atoms with Crippen molar-refractivity contribution in [3.63, 3.8) is 0 Å². The van der Waals surface area contributed by atoms with Crippen LogP contribution in [0.1, 0.15) is 55.8 Å². The standard InChI is InChI=1S/C17H23ClO4/c1-3-22-17(20)9-7-5-4-6-8-15(19)14-11-10-13(18)12-16(14)21-2/h10-12H,3-9H2,1-2H3. The van der Waals surface area contributed by atoms with E-state index in [1.807, 2.05) is 0 Å². The molecule has 0 amide bonds. The van der Waals surface area contributed by atoms with Crippen LogP contribution in [-0.2, 0) is 9.53 Å². The molecule has 0 saturated heterocycles. The maximum atomic E-state index is 12.2. The van der Waals surface area contributed by atoms with E-state index in [0.29, 0.717) is 35.8 Å². The molecule has 1 aromatic carbocycles. The normalized spacial score (nSPS) is 10.3. The summed E-state index contributed by atoms with van der Waals surface area (Å²) in [6.07, 6.45) is 4.36. The van der Waals surface area contributed by atoms with Crippen LogP contribution >= 0.6 is 11.6 Å². The van der Waals surface area contributed by atoms with Gasteiger partial charge in [-0.25, -0.2) is 0 Å². The van der Waals surface area contributed by atoms with Gasteiger partial charge in [-0.15, -0.1) is 0 Å². The Bertz CT molecular complexity index is 499. The van der Waals surface area contributed by atoms with E-state index in [0.717, 1.165) is 25.7 Å². The fourth-order valence-corrected chi connectivity index (χ4v) is 2.33. The summed E-state index contributed by atoms with van der Waals surface area (Å²) in [6.45, 7) is 2.23. The minimum atomic E-state index is -0.149. The second-order valence-corrected chi connectivity index (χ2v) is 5.42. The number of Topliss-reactive ketones (excluding diaryl/α,β-unsaturated/α-hetero) is 1. The largest absolute Gasteiger partial charge is 0.496 e. The number of carbonyl (C=O) groups excluding carboxylic acids is 2. The Morgan fingerprint density at radius 1 is 1.09 bits per heavy atom. The monoisotopic (exact) mass is 326 g/mol. The minimum Gasteiger partial charge on any atom is -0.496 e. The van der Waals surface area contributed by atoms with Crippen molar-refractivity contribution in [2.45, 2.75) is 45.4 Å². The molecule has 4 nitrogen and oxygen atoms in total. The molecule has 0 N–H and O–H groups in total. The number of esters is 1. The SMILES string of the molecule is CCOC(=O)CCCCCCC(=O)c1ccc(Cl)cc1OC. The van der Waals surface area contributed by atoms with Crippen LogP contribution in [-0.4, -0.2) is 25.5 Å². The number of hydrogen-bond acceptors (Lipinski definition) is 4. The lowest BCUT2D eigenvalue weighted by atomic mass is 10.0. The summed E-state index contributed by atoms with van der Waals surface area (Å²) in [4.78, 5) is 23.3. The average Bonchev–Trinajstić information content (AvgIpc) is 2.50. The van der Waals surface area contributed by atoms with E-state index >= 15 is 0 Å². The number of halogens is 1. The highest BCUT2D eigenvalue weighted by Crippen LogP contribution is 2.25. The third-order valence-electron chi connectivity index (χ3n) is 3.30. The highest BCUT2D eigenvalue weighted by atomic mass is 35.5. The van der Waals surface area contributed by atoms with Crippen molar-refractivity contribution in [3.05, 3.63) is 28.8 Å². The first-order chi connectivity index (χ1) is 10.6. The van der Waals surface area contributed by atoms with Gasteiger partial charge in [0.05, 0.1) is 19.3 Å². The van der Waals surface area contributed by atoms with Crippen molar-refractivity contribution in [1.29, 1.82) is 0 Å². The first kappa shape index (κ1) is 18.5. The zero-order valence-electron chi connectivity index (χ0n) is 13.2. The minimum absolute atomic E-state index is 0.0545. The van der Waals surface area contributed by atoms with Crippen LogP contribution < -0.4 is 4.74 Å².